The van der Waals surface area contributed by atoms with Crippen LogP contribution in [-0.4, -0.2) is 4.98 Å². The van der Waals surface area contributed by atoms with Crippen LogP contribution >= 0.6 is 0 Å². The third kappa shape index (κ3) is 1.15. The highest BCUT2D eigenvalue weighted by molar-refractivity contribution is 6.03. The van der Waals surface area contributed by atoms with Crippen LogP contribution in [0.1, 0.15) is 5.89 Å². The van der Waals surface area contributed by atoms with Crippen LogP contribution in [0.4, 0.5) is 0 Å². The van der Waals surface area contributed by atoms with Crippen molar-refractivity contribution in [3.63, 3.8) is 0 Å². The van der Waals surface area contributed by atoms with Crippen molar-refractivity contribution in [2.45, 2.75) is 0 Å². The van der Waals surface area contributed by atoms with Crippen LogP contribution in [0.5, 0.6) is 0 Å². The van der Waals surface area contributed by atoms with Crippen LogP contribution in [0.3, 0.4) is 0 Å². The summed E-state index contributed by atoms with van der Waals surface area (Å²) < 4.78 is 5.50. The van der Waals surface area contributed by atoms with Crippen LogP contribution < -0.4 is 0 Å². The second kappa shape index (κ2) is 2.95. The van der Waals surface area contributed by atoms with Gasteiger partial charge in [0, 0.05) is 5.39 Å². The van der Waals surface area contributed by atoms with Crippen LogP contribution in [0, 0.1) is 0 Å². The van der Waals surface area contributed by atoms with Gasteiger partial charge >= 0.3 is 0 Å². The molecule has 0 atom stereocenters. The van der Waals surface area contributed by atoms with Crippen molar-refractivity contribution < 1.29 is 4.42 Å². The molecular weight excluding hydrogens is 186 g/mol. The Hall–Kier alpha value is -2.09. The van der Waals surface area contributed by atoms with E-state index in [0.717, 1.165) is 16.5 Å². The summed E-state index contributed by atoms with van der Waals surface area (Å²) in [4.78, 5) is 4.37. The van der Waals surface area contributed by atoms with Gasteiger partial charge in [0.15, 0.2) is 5.58 Å². The minimum atomic E-state index is 0.571. The van der Waals surface area contributed by atoms with Gasteiger partial charge in [0.1, 0.15) is 5.52 Å². The fourth-order valence-corrected chi connectivity index (χ4v) is 1.77. The molecule has 3 rings (SSSR count). The molecule has 0 aliphatic carbocycles. The summed E-state index contributed by atoms with van der Waals surface area (Å²) in [5.74, 6) is 0.571. The first-order chi connectivity index (χ1) is 7.38. The Bertz CT molecular complexity index is 652. The molecule has 72 valence electrons. The molecule has 0 radical (unpaired) electrons. The van der Waals surface area contributed by atoms with E-state index in [1.54, 1.807) is 6.08 Å². The van der Waals surface area contributed by atoms with Gasteiger partial charge in [0.2, 0.25) is 5.89 Å². The molecule has 1 aromatic heterocycles. The number of hydrogen-bond donors (Lipinski definition) is 0. The Morgan fingerprint density at radius 3 is 2.87 bits per heavy atom. The van der Waals surface area contributed by atoms with E-state index in [1.807, 2.05) is 30.3 Å². The molecule has 0 aliphatic rings. The SMILES string of the molecule is C=Cc1nc2c(ccc3ccccc32)o1. The van der Waals surface area contributed by atoms with Gasteiger partial charge in [-0.2, -0.15) is 0 Å². The lowest BCUT2D eigenvalue weighted by Crippen LogP contribution is -1.74. The third-order valence-corrected chi connectivity index (χ3v) is 2.47. The van der Waals surface area contributed by atoms with Gasteiger partial charge in [-0.05, 0) is 17.5 Å². The number of aromatic nitrogens is 1. The van der Waals surface area contributed by atoms with E-state index in [1.165, 1.54) is 5.39 Å². The van der Waals surface area contributed by atoms with Gasteiger partial charge in [-0.15, -0.1) is 0 Å². The van der Waals surface area contributed by atoms with Crippen molar-refractivity contribution in [3.8, 4) is 0 Å². The lowest BCUT2D eigenvalue weighted by atomic mass is 10.1. The first-order valence-electron chi connectivity index (χ1n) is 4.79. The maximum Gasteiger partial charge on any atom is 0.219 e. The maximum atomic E-state index is 5.50. The van der Waals surface area contributed by atoms with Crippen molar-refractivity contribution in [2.75, 3.05) is 0 Å². The highest BCUT2D eigenvalue weighted by atomic mass is 16.3. The van der Waals surface area contributed by atoms with Crippen molar-refractivity contribution in [2.24, 2.45) is 0 Å². The zero-order valence-corrected chi connectivity index (χ0v) is 8.10. The monoisotopic (exact) mass is 195 g/mol. The predicted octanol–water partition coefficient (Wildman–Crippen LogP) is 3.62. The molecule has 0 saturated heterocycles. The molecule has 2 aromatic carbocycles. The number of rotatable bonds is 1. The van der Waals surface area contributed by atoms with E-state index in [-0.39, 0.29) is 0 Å². The third-order valence-electron chi connectivity index (χ3n) is 2.47. The van der Waals surface area contributed by atoms with Crippen LogP contribution in [0.2, 0.25) is 0 Å². The van der Waals surface area contributed by atoms with E-state index >= 15 is 0 Å². The van der Waals surface area contributed by atoms with Gasteiger partial charge in [-0.1, -0.05) is 36.9 Å². The van der Waals surface area contributed by atoms with E-state index in [0.29, 0.717) is 5.89 Å². The minimum absolute atomic E-state index is 0.571. The lowest BCUT2D eigenvalue weighted by molar-refractivity contribution is 0.589. The average molecular weight is 195 g/mol. The van der Waals surface area contributed by atoms with E-state index in [2.05, 4.69) is 17.6 Å². The second-order valence-electron chi connectivity index (χ2n) is 3.39. The smallest absolute Gasteiger partial charge is 0.219 e. The minimum Gasteiger partial charge on any atom is -0.437 e. The van der Waals surface area contributed by atoms with Gasteiger partial charge in [0.05, 0.1) is 0 Å². The Labute approximate surface area is 86.8 Å². The van der Waals surface area contributed by atoms with Gasteiger partial charge in [-0.25, -0.2) is 4.98 Å². The fraction of sp³-hybridized carbons (Fsp3) is 0. The number of nitrogens with zero attached hydrogens (tertiary/aromatic N) is 1. The molecule has 0 aliphatic heterocycles. The first kappa shape index (κ1) is 8.24. The number of benzene rings is 2. The van der Waals surface area contributed by atoms with Crippen molar-refractivity contribution >= 4 is 27.9 Å². The Balaban J connectivity index is 2.52. The molecule has 2 heteroatoms. The molecule has 0 fully saturated rings. The highest BCUT2D eigenvalue weighted by Crippen LogP contribution is 2.25. The zero-order valence-electron chi connectivity index (χ0n) is 8.10. The fourth-order valence-electron chi connectivity index (χ4n) is 1.77. The van der Waals surface area contributed by atoms with E-state index in [9.17, 15) is 0 Å². The van der Waals surface area contributed by atoms with Crippen molar-refractivity contribution in [3.05, 3.63) is 48.9 Å². The maximum absolute atomic E-state index is 5.50. The molecule has 1 heterocycles. The summed E-state index contributed by atoms with van der Waals surface area (Å²) in [6.45, 7) is 3.65. The molecular formula is C13H9NO. The van der Waals surface area contributed by atoms with Gasteiger partial charge in [-0.3, -0.25) is 0 Å². The second-order valence-corrected chi connectivity index (χ2v) is 3.39. The summed E-state index contributed by atoms with van der Waals surface area (Å²) in [5.41, 5.74) is 1.71. The van der Waals surface area contributed by atoms with E-state index < -0.39 is 0 Å². The van der Waals surface area contributed by atoms with Gasteiger partial charge in [0.25, 0.3) is 0 Å². The quantitative estimate of drug-likeness (QED) is 0.592. The molecule has 0 saturated carbocycles. The standard InChI is InChI=1S/C13H9NO/c1-2-12-14-13-10-6-4-3-5-9(10)7-8-11(13)15-12/h2-8H,1H2. The average Bonchev–Trinajstić information content (AvgIpc) is 2.72. The Morgan fingerprint density at radius 2 is 2.00 bits per heavy atom. The summed E-state index contributed by atoms with van der Waals surface area (Å²) in [7, 11) is 0. The lowest BCUT2D eigenvalue weighted by Gasteiger charge is -1.95. The molecule has 15 heavy (non-hydrogen) atoms. The van der Waals surface area contributed by atoms with E-state index in [4.69, 9.17) is 4.42 Å². The highest BCUT2D eigenvalue weighted by Gasteiger charge is 2.06. The van der Waals surface area contributed by atoms with Crippen LogP contribution in [-0.2, 0) is 0 Å². The normalized spacial score (nSPS) is 10.9. The molecule has 3 aromatic rings. The summed E-state index contributed by atoms with van der Waals surface area (Å²) >= 11 is 0. The Kier molecular flexibility index (Phi) is 1.62. The van der Waals surface area contributed by atoms with Gasteiger partial charge < -0.3 is 4.42 Å². The molecule has 0 bridgehead atoms. The van der Waals surface area contributed by atoms with Crippen molar-refractivity contribution in [1.82, 2.24) is 4.98 Å². The molecule has 0 spiro atoms. The molecule has 0 N–H and O–H groups in total. The Morgan fingerprint density at radius 1 is 1.13 bits per heavy atom. The summed E-state index contributed by atoms with van der Waals surface area (Å²) in [5, 5.41) is 2.29. The van der Waals surface area contributed by atoms with Crippen molar-refractivity contribution in [1.29, 1.82) is 0 Å². The topological polar surface area (TPSA) is 26.0 Å². The first-order valence-corrected chi connectivity index (χ1v) is 4.79. The summed E-state index contributed by atoms with van der Waals surface area (Å²) in [6, 6.07) is 12.1. The van der Waals surface area contributed by atoms with Crippen LogP contribution in [0.15, 0.2) is 47.4 Å². The number of hydrogen-bond acceptors (Lipinski definition) is 2. The molecule has 2 nitrogen and oxygen atoms in total. The molecule has 0 unspecified atom stereocenters. The number of fused-ring (bicyclic) bond motifs is 3. The summed E-state index contributed by atoms with van der Waals surface area (Å²) in [6.07, 6.45) is 1.62. The zero-order chi connectivity index (χ0) is 10.3. The molecule has 0 amide bonds. The number of oxazole rings is 1. The largest absolute Gasteiger partial charge is 0.437 e. The van der Waals surface area contributed by atoms with Crippen LogP contribution in [0.25, 0.3) is 27.9 Å². The predicted molar refractivity (Wildman–Crippen MR) is 61.6 cm³/mol.